The van der Waals surface area contributed by atoms with Gasteiger partial charge in [0.2, 0.25) is 12.7 Å². The van der Waals surface area contributed by atoms with E-state index in [0.29, 0.717) is 35.7 Å². The zero-order chi connectivity index (χ0) is 22.5. The van der Waals surface area contributed by atoms with E-state index in [4.69, 9.17) is 9.47 Å². The maximum atomic E-state index is 12.2. The molecule has 2 N–H and O–H groups in total. The van der Waals surface area contributed by atoms with Crippen molar-refractivity contribution in [3.63, 3.8) is 0 Å². The number of thioether (sulfide) groups is 1. The number of rotatable bonds is 9. The summed E-state index contributed by atoms with van der Waals surface area (Å²) in [6, 6.07) is 5.55. The van der Waals surface area contributed by atoms with E-state index in [9.17, 15) is 4.79 Å². The minimum atomic E-state index is -0.183. The van der Waals surface area contributed by atoms with E-state index in [1.54, 1.807) is 17.0 Å². The van der Waals surface area contributed by atoms with E-state index in [0.717, 1.165) is 29.0 Å². The van der Waals surface area contributed by atoms with Crippen LogP contribution in [0.2, 0.25) is 0 Å². The van der Waals surface area contributed by atoms with Crippen LogP contribution in [0.25, 0.3) is 17.1 Å². The zero-order valence-corrected chi connectivity index (χ0v) is 19.1. The van der Waals surface area contributed by atoms with Gasteiger partial charge in [-0.1, -0.05) is 31.7 Å². The number of aromatic nitrogens is 4. The molecule has 0 saturated heterocycles. The Bertz CT molecular complexity index is 1140. The Balaban J connectivity index is 1.37. The molecule has 0 bridgehead atoms. The van der Waals surface area contributed by atoms with Gasteiger partial charge in [0.1, 0.15) is 5.82 Å². The van der Waals surface area contributed by atoms with Crippen molar-refractivity contribution in [2.75, 3.05) is 31.5 Å². The summed E-state index contributed by atoms with van der Waals surface area (Å²) in [4.78, 5) is 21.4. The molecule has 1 amide bonds. The van der Waals surface area contributed by atoms with Crippen LogP contribution in [-0.4, -0.2) is 51.8 Å². The number of anilines is 1. The van der Waals surface area contributed by atoms with Crippen molar-refractivity contribution in [2.24, 2.45) is 5.92 Å². The highest BCUT2D eigenvalue weighted by Gasteiger charge is 2.14. The third-order valence-corrected chi connectivity index (χ3v) is 5.33. The first-order chi connectivity index (χ1) is 15.5. The Morgan fingerprint density at radius 3 is 2.94 bits per heavy atom. The molecule has 4 rings (SSSR count). The van der Waals surface area contributed by atoms with Crippen LogP contribution in [0.1, 0.15) is 19.4 Å². The van der Waals surface area contributed by atoms with E-state index in [1.807, 2.05) is 24.5 Å². The monoisotopic (exact) mass is 454 g/mol. The molecule has 0 spiro atoms. The van der Waals surface area contributed by atoms with Crippen LogP contribution in [0.4, 0.5) is 5.82 Å². The van der Waals surface area contributed by atoms with Crippen molar-refractivity contribution in [2.45, 2.75) is 25.5 Å². The number of ether oxygens (including phenoxy) is 2. The Labute approximate surface area is 190 Å². The van der Waals surface area contributed by atoms with Crippen molar-refractivity contribution >= 4 is 40.6 Å². The number of hydrogen-bond acceptors (Lipinski definition) is 8. The fourth-order valence-electron chi connectivity index (χ4n) is 3.16. The molecule has 0 saturated carbocycles. The minimum Gasteiger partial charge on any atom is -0.454 e. The highest BCUT2D eigenvalue weighted by atomic mass is 32.2. The summed E-state index contributed by atoms with van der Waals surface area (Å²) >= 11 is 1.49. The maximum absolute atomic E-state index is 12.2. The molecule has 0 aliphatic carbocycles. The van der Waals surface area contributed by atoms with Gasteiger partial charge in [-0.15, -0.1) is 0 Å². The van der Waals surface area contributed by atoms with Crippen LogP contribution in [-0.2, 0) is 11.3 Å². The Hall–Kier alpha value is -3.27. The van der Waals surface area contributed by atoms with Crippen LogP contribution >= 0.6 is 11.8 Å². The molecule has 32 heavy (non-hydrogen) atoms. The Morgan fingerprint density at radius 1 is 1.28 bits per heavy atom. The van der Waals surface area contributed by atoms with Crippen molar-refractivity contribution in [3.8, 4) is 11.5 Å². The highest BCUT2D eigenvalue weighted by molar-refractivity contribution is 7.98. The molecular formula is C22H26N6O3S. The van der Waals surface area contributed by atoms with Crippen LogP contribution in [0.3, 0.4) is 0 Å². The molecular weight excluding hydrogens is 428 g/mol. The molecule has 0 fully saturated rings. The van der Waals surface area contributed by atoms with Crippen LogP contribution in [0.5, 0.6) is 11.5 Å². The average Bonchev–Trinajstić information content (AvgIpc) is 3.42. The molecule has 0 unspecified atom stereocenters. The summed E-state index contributed by atoms with van der Waals surface area (Å²) in [5.41, 5.74) is 1.62. The van der Waals surface area contributed by atoms with Gasteiger partial charge in [0.15, 0.2) is 22.3 Å². The second-order valence-electron chi connectivity index (χ2n) is 7.68. The number of fused-ring (bicyclic) bond motifs is 2. The number of hydrogen-bond donors (Lipinski definition) is 2. The fourth-order valence-corrected chi connectivity index (χ4v) is 3.52. The standard InChI is InChI=1S/C22H26N6O3S/c1-14(2)11-24-20-16-12-25-28(21(16)27-22(26-20)32-3)9-8-23-19(29)7-5-15-4-6-17-18(10-15)31-13-30-17/h4-7,10,12,14H,8-9,11,13H2,1-3H3,(H,23,29)(H,24,26,27). The Morgan fingerprint density at radius 2 is 2.12 bits per heavy atom. The highest BCUT2D eigenvalue weighted by Crippen LogP contribution is 2.32. The number of amides is 1. The van der Waals surface area contributed by atoms with Gasteiger partial charge in [0, 0.05) is 19.2 Å². The smallest absolute Gasteiger partial charge is 0.244 e. The SMILES string of the molecule is CSc1nc(NCC(C)C)c2cnn(CCNC(=O)C=Cc3ccc4c(c3)OCO4)c2n1. The predicted octanol–water partition coefficient (Wildman–Crippen LogP) is 3.17. The van der Waals surface area contributed by atoms with E-state index in [1.165, 1.54) is 17.8 Å². The summed E-state index contributed by atoms with van der Waals surface area (Å²) in [5.74, 6) is 2.50. The van der Waals surface area contributed by atoms with Gasteiger partial charge in [-0.3, -0.25) is 4.79 Å². The van der Waals surface area contributed by atoms with Crippen LogP contribution < -0.4 is 20.1 Å². The molecule has 1 aliphatic heterocycles. The average molecular weight is 455 g/mol. The van der Waals surface area contributed by atoms with Gasteiger partial charge < -0.3 is 20.1 Å². The number of nitrogens with zero attached hydrogens (tertiary/aromatic N) is 4. The second-order valence-corrected chi connectivity index (χ2v) is 8.45. The van der Waals surface area contributed by atoms with E-state index in [2.05, 4.69) is 39.5 Å². The topological polar surface area (TPSA) is 103 Å². The van der Waals surface area contributed by atoms with E-state index < -0.39 is 0 Å². The predicted molar refractivity (Wildman–Crippen MR) is 125 cm³/mol. The minimum absolute atomic E-state index is 0.183. The number of nitrogens with one attached hydrogen (secondary N) is 2. The van der Waals surface area contributed by atoms with Gasteiger partial charge in [0.05, 0.1) is 18.1 Å². The van der Waals surface area contributed by atoms with Crippen LogP contribution in [0.15, 0.2) is 35.6 Å². The van der Waals surface area contributed by atoms with E-state index in [-0.39, 0.29) is 12.7 Å². The first kappa shape index (κ1) is 21.9. The van der Waals surface area contributed by atoms with Crippen molar-refractivity contribution in [1.82, 2.24) is 25.1 Å². The summed E-state index contributed by atoms with van der Waals surface area (Å²) in [5, 5.41) is 12.3. The molecule has 3 aromatic rings. The second kappa shape index (κ2) is 9.90. The van der Waals surface area contributed by atoms with Crippen molar-refractivity contribution in [3.05, 3.63) is 36.0 Å². The van der Waals surface area contributed by atoms with Gasteiger partial charge in [-0.2, -0.15) is 5.10 Å². The fraction of sp³-hybridized carbons (Fsp3) is 0.364. The first-order valence-electron chi connectivity index (χ1n) is 10.4. The molecule has 0 radical (unpaired) electrons. The van der Waals surface area contributed by atoms with Crippen LogP contribution in [0, 0.1) is 5.92 Å². The summed E-state index contributed by atoms with van der Waals surface area (Å²) in [6.45, 7) is 6.26. The third kappa shape index (κ3) is 5.13. The number of benzene rings is 1. The molecule has 10 heteroatoms. The largest absolute Gasteiger partial charge is 0.454 e. The maximum Gasteiger partial charge on any atom is 0.244 e. The Kier molecular flexibility index (Phi) is 6.79. The lowest BCUT2D eigenvalue weighted by Crippen LogP contribution is -2.25. The van der Waals surface area contributed by atoms with Gasteiger partial charge in [-0.25, -0.2) is 14.6 Å². The normalized spacial score (nSPS) is 12.8. The van der Waals surface area contributed by atoms with Crippen molar-refractivity contribution < 1.29 is 14.3 Å². The summed E-state index contributed by atoms with van der Waals surface area (Å²) in [6.07, 6.45) is 6.95. The molecule has 1 aromatic carbocycles. The lowest BCUT2D eigenvalue weighted by Gasteiger charge is -2.10. The molecule has 1 aliphatic rings. The summed E-state index contributed by atoms with van der Waals surface area (Å²) in [7, 11) is 0. The molecule has 168 valence electrons. The molecule has 9 nitrogen and oxygen atoms in total. The lowest BCUT2D eigenvalue weighted by atomic mass is 10.2. The molecule has 3 heterocycles. The van der Waals surface area contributed by atoms with Gasteiger partial charge >= 0.3 is 0 Å². The number of carbonyl (C=O) groups excluding carboxylic acids is 1. The first-order valence-corrected chi connectivity index (χ1v) is 11.6. The quantitative estimate of drug-likeness (QED) is 0.289. The van der Waals surface area contributed by atoms with E-state index >= 15 is 0 Å². The van der Waals surface area contributed by atoms with Gasteiger partial charge in [0.25, 0.3) is 0 Å². The van der Waals surface area contributed by atoms with Gasteiger partial charge in [-0.05, 0) is 35.9 Å². The number of carbonyl (C=O) groups is 1. The third-order valence-electron chi connectivity index (χ3n) is 4.78. The molecule has 0 atom stereocenters. The lowest BCUT2D eigenvalue weighted by molar-refractivity contribution is -0.116. The zero-order valence-electron chi connectivity index (χ0n) is 18.3. The summed E-state index contributed by atoms with van der Waals surface area (Å²) < 4.78 is 12.4. The molecule has 2 aromatic heterocycles. The van der Waals surface area contributed by atoms with Crippen molar-refractivity contribution in [1.29, 1.82) is 0 Å².